The molecule has 2 aliphatic rings. The molecule has 1 aromatic heterocycles. The fourth-order valence-corrected chi connectivity index (χ4v) is 7.42. The van der Waals surface area contributed by atoms with Crippen LogP contribution in [0.15, 0.2) is 41.4 Å². The fraction of sp³-hybridized carbons (Fsp3) is 0.515. The number of fused-ring (bicyclic) bond motifs is 1. The molecule has 3 heterocycles. The minimum absolute atomic E-state index is 0.0159. The summed E-state index contributed by atoms with van der Waals surface area (Å²) in [5.74, 6) is -3.52. The van der Waals surface area contributed by atoms with E-state index in [0.717, 1.165) is 47.3 Å². The van der Waals surface area contributed by atoms with E-state index < -0.39 is 34.9 Å². The molecule has 0 spiro atoms. The predicted molar refractivity (Wildman–Crippen MR) is 166 cm³/mol. The van der Waals surface area contributed by atoms with Gasteiger partial charge in [0.05, 0.1) is 38.4 Å². The van der Waals surface area contributed by atoms with Gasteiger partial charge < -0.3 is 24.6 Å². The number of hydrogen-bond donors (Lipinski definition) is 2. The van der Waals surface area contributed by atoms with Crippen molar-refractivity contribution in [1.82, 2.24) is 14.8 Å². The van der Waals surface area contributed by atoms with Crippen molar-refractivity contribution in [2.75, 3.05) is 58.8 Å². The van der Waals surface area contributed by atoms with Crippen molar-refractivity contribution in [3.05, 3.63) is 65.1 Å². The van der Waals surface area contributed by atoms with E-state index in [1.807, 2.05) is 24.4 Å². The van der Waals surface area contributed by atoms with Gasteiger partial charge in [-0.25, -0.2) is 13.2 Å². The number of carboxylic acids is 1. The average molecular weight is 648 g/mol. The number of benzene rings is 2. The van der Waals surface area contributed by atoms with Crippen molar-refractivity contribution in [2.45, 2.75) is 49.6 Å². The number of morpholine rings is 1. The third-order valence-corrected chi connectivity index (χ3v) is 10.0. The first-order valence-electron chi connectivity index (χ1n) is 15.3. The van der Waals surface area contributed by atoms with Crippen molar-refractivity contribution >= 4 is 28.6 Å². The van der Waals surface area contributed by atoms with E-state index in [0.29, 0.717) is 81.5 Å². The molecule has 2 aromatic carbocycles. The number of aromatic nitrogens is 1. The van der Waals surface area contributed by atoms with Crippen LogP contribution >= 0.6 is 11.8 Å². The van der Waals surface area contributed by atoms with Crippen molar-refractivity contribution in [3.63, 3.8) is 0 Å². The van der Waals surface area contributed by atoms with Gasteiger partial charge in [0.2, 0.25) is 0 Å². The smallest absolute Gasteiger partial charge is 0.303 e. The minimum Gasteiger partial charge on any atom is -0.497 e. The summed E-state index contributed by atoms with van der Waals surface area (Å²) in [5.41, 5.74) is 2.03. The van der Waals surface area contributed by atoms with E-state index in [4.69, 9.17) is 9.47 Å². The van der Waals surface area contributed by atoms with Crippen molar-refractivity contribution in [1.29, 1.82) is 0 Å². The summed E-state index contributed by atoms with van der Waals surface area (Å²) in [6.07, 6.45) is 3.28. The number of aliphatic carboxylic acids is 1. The Morgan fingerprint density at radius 3 is 2.47 bits per heavy atom. The normalized spacial score (nSPS) is 18.2. The zero-order valence-electron chi connectivity index (χ0n) is 25.4. The van der Waals surface area contributed by atoms with Gasteiger partial charge in [-0.05, 0) is 85.6 Å². The highest BCUT2D eigenvalue weighted by Crippen LogP contribution is 2.43. The molecule has 0 saturated carbocycles. The summed E-state index contributed by atoms with van der Waals surface area (Å²) >= 11 is 1.25. The Balaban J connectivity index is 1.26. The van der Waals surface area contributed by atoms with Crippen LogP contribution in [0.1, 0.15) is 49.3 Å². The van der Waals surface area contributed by atoms with Crippen molar-refractivity contribution in [3.8, 4) is 5.75 Å². The lowest BCUT2D eigenvalue weighted by Gasteiger charge is -2.41. The van der Waals surface area contributed by atoms with E-state index in [1.165, 1.54) is 11.8 Å². The van der Waals surface area contributed by atoms with Gasteiger partial charge in [-0.1, -0.05) is 0 Å². The summed E-state index contributed by atoms with van der Waals surface area (Å²) in [6.45, 7) is 5.52. The van der Waals surface area contributed by atoms with Gasteiger partial charge in [0.1, 0.15) is 5.75 Å². The molecule has 2 fully saturated rings. The molecule has 2 aliphatic heterocycles. The summed E-state index contributed by atoms with van der Waals surface area (Å²) in [5, 5.41) is 22.4. The number of pyridine rings is 1. The second-order valence-corrected chi connectivity index (χ2v) is 13.2. The quantitative estimate of drug-likeness (QED) is 0.180. The number of hydrogen-bond acceptors (Lipinski definition) is 8. The average Bonchev–Trinajstić information content (AvgIpc) is 3.03. The lowest BCUT2D eigenvalue weighted by atomic mass is 9.71. The maximum Gasteiger partial charge on any atom is 0.303 e. The van der Waals surface area contributed by atoms with Gasteiger partial charge in [0.25, 0.3) is 0 Å². The molecule has 0 aliphatic carbocycles. The zero-order valence-corrected chi connectivity index (χ0v) is 26.3. The van der Waals surface area contributed by atoms with Gasteiger partial charge in [-0.15, -0.1) is 11.8 Å². The molecule has 2 saturated heterocycles. The van der Waals surface area contributed by atoms with E-state index in [1.54, 1.807) is 7.11 Å². The number of carboxylic acid groups (broad SMARTS) is 1. The Morgan fingerprint density at radius 1 is 1.09 bits per heavy atom. The molecule has 5 rings (SSSR count). The van der Waals surface area contributed by atoms with Crippen molar-refractivity contribution < 1.29 is 37.7 Å². The highest BCUT2D eigenvalue weighted by atomic mass is 32.2. The molecule has 45 heavy (non-hydrogen) atoms. The Morgan fingerprint density at radius 2 is 1.80 bits per heavy atom. The first-order valence-corrected chi connectivity index (χ1v) is 16.3. The Labute approximate surface area is 265 Å². The number of rotatable bonds is 13. The van der Waals surface area contributed by atoms with E-state index in [-0.39, 0.29) is 6.42 Å². The highest BCUT2D eigenvalue weighted by molar-refractivity contribution is 7.99. The molecule has 3 aromatic rings. The lowest BCUT2D eigenvalue weighted by Crippen LogP contribution is -2.42. The van der Waals surface area contributed by atoms with Crippen LogP contribution in [0.5, 0.6) is 5.75 Å². The van der Waals surface area contributed by atoms with Crippen LogP contribution in [-0.4, -0.2) is 89.8 Å². The van der Waals surface area contributed by atoms with Gasteiger partial charge >= 0.3 is 5.97 Å². The molecule has 8 nitrogen and oxygen atoms in total. The Hall–Kier alpha value is -2.90. The number of piperidine rings is 1. The number of carbonyl (C=O) groups is 1. The number of ether oxygens (including phenoxy) is 2. The molecule has 0 unspecified atom stereocenters. The predicted octanol–water partition coefficient (Wildman–Crippen LogP) is 5.66. The Kier molecular flexibility index (Phi) is 11.2. The Bertz CT molecular complexity index is 1460. The number of nitrogens with zero attached hydrogens (tertiary/aromatic N) is 3. The maximum atomic E-state index is 13.6. The number of methoxy groups -OCH3 is 1. The summed E-state index contributed by atoms with van der Waals surface area (Å²) in [4.78, 5) is 21.5. The molecule has 0 amide bonds. The van der Waals surface area contributed by atoms with Crippen LogP contribution in [0.2, 0.25) is 0 Å². The second kappa shape index (κ2) is 15.1. The third-order valence-electron chi connectivity index (χ3n) is 9.05. The number of aliphatic hydroxyl groups excluding tert-OH is 1. The number of aliphatic hydroxyl groups is 1. The number of likely N-dealkylation sites (tertiary alicyclic amines) is 1. The highest BCUT2D eigenvalue weighted by Gasteiger charge is 2.37. The standard InChI is InChI=1S/C33H40F3N3O5S/c1-43-23-2-3-28-25(16-23)31(22(20-37-28)21-39-10-13-44-14-11-39)29(40)4-5-33(19-30(41)42)6-8-38(9-7-33)12-15-45-24-17-26(34)32(36)27(35)18-24/h2-3,16-18,20,29,40H,4-15,19,21H2,1H3,(H,41,42)/t29-/m0/s1. The zero-order chi connectivity index (χ0) is 32.0. The molecule has 12 heteroatoms. The van der Waals surface area contributed by atoms with E-state index in [9.17, 15) is 28.2 Å². The van der Waals surface area contributed by atoms with E-state index >= 15 is 0 Å². The maximum absolute atomic E-state index is 13.6. The van der Waals surface area contributed by atoms with Crippen LogP contribution in [-0.2, 0) is 16.1 Å². The summed E-state index contributed by atoms with van der Waals surface area (Å²) in [6, 6.07) is 7.62. The van der Waals surface area contributed by atoms with Gasteiger partial charge in [0.15, 0.2) is 17.5 Å². The number of halogens is 3. The molecule has 1 atom stereocenters. The largest absolute Gasteiger partial charge is 0.497 e. The first kappa shape index (κ1) is 33.5. The molecular formula is C33H40F3N3O5S. The van der Waals surface area contributed by atoms with Gasteiger partial charge in [-0.2, -0.15) is 0 Å². The molecule has 0 radical (unpaired) electrons. The first-order chi connectivity index (χ1) is 21.7. The molecular weight excluding hydrogens is 607 g/mol. The monoisotopic (exact) mass is 647 g/mol. The van der Waals surface area contributed by atoms with Gasteiger partial charge in [-0.3, -0.25) is 14.7 Å². The third kappa shape index (κ3) is 8.48. The topological polar surface area (TPSA) is 95.4 Å². The van der Waals surface area contributed by atoms with Crippen LogP contribution in [0.4, 0.5) is 13.2 Å². The van der Waals surface area contributed by atoms with Gasteiger partial charge in [0, 0.05) is 48.4 Å². The van der Waals surface area contributed by atoms with Crippen LogP contribution in [0.25, 0.3) is 10.9 Å². The summed E-state index contributed by atoms with van der Waals surface area (Å²) < 4.78 is 51.4. The fourth-order valence-electron chi connectivity index (χ4n) is 6.46. The van der Waals surface area contributed by atoms with Crippen molar-refractivity contribution in [2.24, 2.45) is 5.41 Å². The van der Waals surface area contributed by atoms with Crippen LogP contribution < -0.4 is 4.74 Å². The SMILES string of the molecule is COc1ccc2ncc(CN3CCOCC3)c([C@@H](O)CCC3(CC(=O)O)CCN(CCSc4cc(F)c(F)c(F)c4)CC3)c2c1. The molecule has 0 bridgehead atoms. The number of thioether (sulfide) groups is 1. The second-order valence-electron chi connectivity index (χ2n) is 12.0. The van der Waals surface area contributed by atoms with Crippen LogP contribution in [0, 0.1) is 22.9 Å². The van der Waals surface area contributed by atoms with Crippen LogP contribution in [0.3, 0.4) is 0 Å². The molecule has 2 N–H and O–H groups in total. The van der Waals surface area contributed by atoms with E-state index in [2.05, 4.69) is 14.8 Å². The molecule has 244 valence electrons. The minimum atomic E-state index is -1.47. The lowest BCUT2D eigenvalue weighted by molar-refractivity contribution is -0.141. The summed E-state index contributed by atoms with van der Waals surface area (Å²) in [7, 11) is 1.60.